The molecular weight excluding hydrogens is 359 g/mol. The first-order chi connectivity index (χ1) is 11.9. The summed E-state index contributed by atoms with van der Waals surface area (Å²) in [4.78, 5) is 11.1. The third-order valence-corrected chi connectivity index (χ3v) is 4.51. The van der Waals surface area contributed by atoms with Crippen LogP contribution in [0.1, 0.15) is 38.3 Å². The van der Waals surface area contributed by atoms with Crippen LogP contribution < -0.4 is 15.8 Å². The number of hydrogen-bond acceptors (Lipinski definition) is 3. The van der Waals surface area contributed by atoms with Crippen molar-refractivity contribution in [3.8, 4) is 11.5 Å². The Morgan fingerprint density at radius 3 is 2.48 bits per heavy atom. The molecule has 0 aliphatic carbocycles. The van der Waals surface area contributed by atoms with Gasteiger partial charge in [0.15, 0.2) is 5.75 Å². The van der Waals surface area contributed by atoms with E-state index in [1.54, 1.807) is 6.07 Å². The van der Waals surface area contributed by atoms with Gasteiger partial charge in [-0.1, -0.05) is 54.4 Å². The Bertz CT molecular complexity index is 723. The summed E-state index contributed by atoms with van der Waals surface area (Å²) in [5.41, 5.74) is 6.14. The van der Waals surface area contributed by atoms with Gasteiger partial charge in [-0.25, -0.2) is 0 Å². The fourth-order valence-electron chi connectivity index (χ4n) is 2.65. The van der Waals surface area contributed by atoms with Crippen molar-refractivity contribution in [3.05, 3.63) is 58.1 Å². The second kappa shape index (κ2) is 9.09. The number of amides is 1. The molecule has 0 heterocycles. The van der Waals surface area contributed by atoms with Gasteiger partial charge in [0.25, 0.3) is 0 Å². The number of nitrogens with one attached hydrogen (secondary N) is 1. The lowest BCUT2D eigenvalue weighted by atomic mass is 10.0. The summed E-state index contributed by atoms with van der Waals surface area (Å²) in [6, 6.07) is 12.9. The molecule has 2 atom stereocenters. The molecule has 0 radical (unpaired) electrons. The molecule has 1 amide bonds. The summed E-state index contributed by atoms with van der Waals surface area (Å²) >= 11 is 12.9. The van der Waals surface area contributed by atoms with Gasteiger partial charge in [-0.05, 0) is 37.1 Å². The Balaban J connectivity index is 2.28. The smallest absolute Gasteiger partial charge is 0.218 e. The number of hydrogen-bond donors (Lipinski definition) is 2. The molecule has 2 rings (SSSR count). The number of carbonyl (C=O) groups excluding carboxylic acids is 1. The van der Waals surface area contributed by atoms with Crippen molar-refractivity contribution >= 4 is 29.1 Å². The highest BCUT2D eigenvalue weighted by atomic mass is 35.5. The summed E-state index contributed by atoms with van der Waals surface area (Å²) < 4.78 is 5.88. The molecule has 0 saturated heterocycles. The summed E-state index contributed by atoms with van der Waals surface area (Å²) in [6.45, 7) is 3.95. The average molecular weight is 381 g/mol. The Hall–Kier alpha value is -1.75. The molecule has 6 heteroatoms. The van der Waals surface area contributed by atoms with Gasteiger partial charge in [0.2, 0.25) is 5.91 Å². The van der Waals surface area contributed by atoms with E-state index in [0.29, 0.717) is 21.5 Å². The number of rotatable bonds is 8. The Labute approximate surface area is 158 Å². The highest BCUT2D eigenvalue weighted by Gasteiger charge is 2.21. The molecule has 0 unspecified atom stereocenters. The molecule has 0 spiro atoms. The summed E-state index contributed by atoms with van der Waals surface area (Å²) in [5.74, 6) is 0.742. The molecule has 2 aromatic carbocycles. The standard InChI is InChI=1S/C19H22Cl2N2O2/c1-3-16(23-12(2)11-17(22)24)14-9-10-15(20)19(18(14)21)25-13-7-5-4-6-8-13/h4-10,12,16,23H,3,11H2,1-2H3,(H2,22,24)/t12-,16-/m0/s1. The minimum absolute atomic E-state index is 0.0442. The lowest BCUT2D eigenvalue weighted by Gasteiger charge is -2.24. The number of primary amides is 1. The molecule has 0 aliphatic rings. The van der Waals surface area contributed by atoms with Crippen molar-refractivity contribution in [2.45, 2.75) is 38.8 Å². The quantitative estimate of drug-likeness (QED) is 0.669. The normalized spacial score (nSPS) is 13.3. The molecule has 0 aliphatic heterocycles. The molecule has 25 heavy (non-hydrogen) atoms. The second-order valence-corrected chi connectivity index (χ2v) is 6.68. The predicted molar refractivity (Wildman–Crippen MR) is 102 cm³/mol. The van der Waals surface area contributed by atoms with E-state index in [9.17, 15) is 4.79 Å². The zero-order valence-corrected chi connectivity index (χ0v) is 15.8. The van der Waals surface area contributed by atoms with Crippen molar-refractivity contribution in [2.24, 2.45) is 5.73 Å². The Morgan fingerprint density at radius 2 is 1.88 bits per heavy atom. The van der Waals surface area contributed by atoms with Crippen LogP contribution in [0.25, 0.3) is 0 Å². The van der Waals surface area contributed by atoms with Gasteiger partial charge in [-0.15, -0.1) is 0 Å². The summed E-state index contributed by atoms with van der Waals surface area (Å²) in [6.07, 6.45) is 1.05. The van der Waals surface area contributed by atoms with E-state index in [1.807, 2.05) is 50.2 Å². The van der Waals surface area contributed by atoms with Gasteiger partial charge in [0.05, 0.1) is 10.0 Å². The fraction of sp³-hybridized carbons (Fsp3) is 0.316. The van der Waals surface area contributed by atoms with Gasteiger partial charge in [-0.2, -0.15) is 0 Å². The van der Waals surface area contributed by atoms with Gasteiger partial charge in [-0.3, -0.25) is 4.79 Å². The SMILES string of the molecule is CC[C@H](N[C@@H](C)CC(N)=O)c1ccc(Cl)c(Oc2ccccc2)c1Cl. The van der Waals surface area contributed by atoms with Crippen LogP contribution in [0.5, 0.6) is 11.5 Å². The van der Waals surface area contributed by atoms with E-state index in [1.165, 1.54) is 0 Å². The monoisotopic (exact) mass is 380 g/mol. The number of ether oxygens (including phenoxy) is 1. The van der Waals surface area contributed by atoms with E-state index in [4.69, 9.17) is 33.7 Å². The van der Waals surface area contributed by atoms with Gasteiger partial charge < -0.3 is 15.8 Å². The van der Waals surface area contributed by atoms with E-state index >= 15 is 0 Å². The highest BCUT2D eigenvalue weighted by Crippen LogP contribution is 2.41. The molecule has 0 saturated carbocycles. The molecular formula is C19H22Cl2N2O2. The van der Waals surface area contributed by atoms with Gasteiger partial charge in [0, 0.05) is 18.5 Å². The summed E-state index contributed by atoms with van der Waals surface area (Å²) in [7, 11) is 0. The van der Waals surface area contributed by atoms with E-state index in [2.05, 4.69) is 5.32 Å². The second-order valence-electron chi connectivity index (χ2n) is 5.89. The Kier molecular flexibility index (Phi) is 7.12. The van der Waals surface area contributed by atoms with Crippen molar-refractivity contribution < 1.29 is 9.53 Å². The number of nitrogens with two attached hydrogens (primary N) is 1. The minimum atomic E-state index is -0.342. The molecule has 0 aromatic heterocycles. The van der Waals surface area contributed by atoms with E-state index < -0.39 is 0 Å². The molecule has 2 aromatic rings. The van der Waals surface area contributed by atoms with Crippen molar-refractivity contribution in [3.63, 3.8) is 0 Å². The van der Waals surface area contributed by atoms with Crippen LogP contribution in [0.3, 0.4) is 0 Å². The number of benzene rings is 2. The van der Waals surface area contributed by atoms with Crippen LogP contribution >= 0.6 is 23.2 Å². The van der Waals surface area contributed by atoms with Crippen molar-refractivity contribution in [2.75, 3.05) is 0 Å². The van der Waals surface area contributed by atoms with E-state index in [-0.39, 0.29) is 24.4 Å². The van der Waals surface area contributed by atoms with Crippen LogP contribution in [0.2, 0.25) is 10.0 Å². The van der Waals surface area contributed by atoms with Crippen LogP contribution in [0.4, 0.5) is 0 Å². The first-order valence-electron chi connectivity index (χ1n) is 8.17. The van der Waals surface area contributed by atoms with Gasteiger partial charge in [0.1, 0.15) is 5.75 Å². The highest BCUT2D eigenvalue weighted by molar-refractivity contribution is 6.37. The van der Waals surface area contributed by atoms with Crippen molar-refractivity contribution in [1.82, 2.24) is 5.32 Å². The lowest BCUT2D eigenvalue weighted by Crippen LogP contribution is -2.34. The van der Waals surface area contributed by atoms with Crippen LogP contribution in [-0.4, -0.2) is 11.9 Å². The molecule has 0 bridgehead atoms. The zero-order valence-electron chi connectivity index (χ0n) is 14.3. The van der Waals surface area contributed by atoms with Crippen LogP contribution in [0.15, 0.2) is 42.5 Å². The fourth-order valence-corrected chi connectivity index (χ4v) is 3.23. The average Bonchev–Trinajstić information content (AvgIpc) is 2.57. The van der Waals surface area contributed by atoms with Crippen molar-refractivity contribution in [1.29, 1.82) is 0 Å². The number of carbonyl (C=O) groups is 1. The zero-order chi connectivity index (χ0) is 18.4. The molecule has 4 nitrogen and oxygen atoms in total. The summed E-state index contributed by atoms with van der Waals surface area (Å²) in [5, 5.41) is 4.28. The maximum absolute atomic E-state index is 11.1. The first kappa shape index (κ1) is 19.6. The maximum atomic E-state index is 11.1. The molecule has 0 fully saturated rings. The van der Waals surface area contributed by atoms with Crippen LogP contribution in [0, 0.1) is 0 Å². The van der Waals surface area contributed by atoms with Crippen LogP contribution in [-0.2, 0) is 4.79 Å². The van der Waals surface area contributed by atoms with E-state index in [0.717, 1.165) is 12.0 Å². The first-order valence-corrected chi connectivity index (χ1v) is 8.93. The number of para-hydroxylation sites is 1. The molecule has 134 valence electrons. The minimum Gasteiger partial charge on any atom is -0.454 e. The Morgan fingerprint density at radius 1 is 1.20 bits per heavy atom. The molecule has 3 N–H and O–H groups in total. The topological polar surface area (TPSA) is 64.3 Å². The lowest BCUT2D eigenvalue weighted by molar-refractivity contribution is -0.118. The largest absolute Gasteiger partial charge is 0.454 e. The number of halogens is 2. The van der Waals surface area contributed by atoms with Gasteiger partial charge >= 0.3 is 0 Å². The third kappa shape index (κ3) is 5.36. The maximum Gasteiger partial charge on any atom is 0.218 e. The third-order valence-electron chi connectivity index (χ3n) is 3.82. The predicted octanol–water partition coefficient (Wildman–Crippen LogP) is 5.09.